The lowest BCUT2D eigenvalue weighted by molar-refractivity contribution is -0.144. The summed E-state index contributed by atoms with van der Waals surface area (Å²) < 4.78 is 5.32. The van der Waals surface area contributed by atoms with E-state index < -0.39 is 12.1 Å². The minimum Gasteiger partial charge on any atom is -0.479 e. The second kappa shape index (κ2) is 5.01. The average molecular weight is 248 g/mol. The van der Waals surface area contributed by atoms with E-state index in [2.05, 4.69) is 0 Å². The number of carboxylic acid groups (broad SMARTS) is 1. The molecule has 3 nitrogen and oxygen atoms in total. The molecule has 0 saturated carbocycles. The number of hydrogen-bond acceptors (Lipinski definition) is 3. The zero-order valence-corrected chi connectivity index (χ0v) is 10.1. The third-order valence-electron chi connectivity index (χ3n) is 2.35. The highest BCUT2D eigenvalue weighted by atomic mass is 32.1. The molecule has 2 aromatic rings. The summed E-state index contributed by atoms with van der Waals surface area (Å²) in [6.07, 6.45) is -0.840. The van der Waals surface area contributed by atoms with Crippen LogP contribution in [0.2, 0.25) is 0 Å². The summed E-state index contributed by atoms with van der Waals surface area (Å²) in [6.45, 7) is 1.51. The maximum atomic E-state index is 10.7. The van der Waals surface area contributed by atoms with Crippen molar-refractivity contribution in [3.8, 4) is 16.9 Å². The summed E-state index contributed by atoms with van der Waals surface area (Å²) in [7, 11) is 0. The van der Waals surface area contributed by atoms with Gasteiger partial charge in [-0.25, -0.2) is 4.79 Å². The van der Waals surface area contributed by atoms with E-state index in [-0.39, 0.29) is 0 Å². The van der Waals surface area contributed by atoms with Crippen molar-refractivity contribution in [3.05, 3.63) is 41.1 Å². The van der Waals surface area contributed by atoms with Crippen molar-refractivity contribution in [1.29, 1.82) is 0 Å². The molecule has 1 atom stereocenters. The second-order valence-electron chi connectivity index (χ2n) is 3.64. The summed E-state index contributed by atoms with van der Waals surface area (Å²) in [4.78, 5) is 10.7. The van der Waals surface area contributed by atoms with Gasteiger partial charge in [0.1, 0.15) is 5.75 Å². The number of carbonyl (C=O) groups is 1. The number of hydrogen-bond donors (Lipinski definition) is 1. The molecule has 0 aliphatic heterocycles. The normalized spacial score (nSPS) is 12.1. The third kappa shape index (κ3) is 2.85. The average Bonchev–Trinajstić information content (AvgIpc) is 2.82. The highest BCUT2D eigenvalue weighted by molar-refractivity contribution is 7.08. The Morgan fingerprint density at radius 3 is 2.82 bits per heavy atom. The molecule has 88 valence electrons. The van der Waals surface area contributed by atoms with Crippen molar-refractivity contribution in [2.24, 2.45) is 0 Å². The standard InChI is InChI=1S/C13H12O3S/c1-9(13(14)15)16-12-4-2-3-10(7-12)11-5-6-17-8-11/h2-9H,1H3,(H,14,15). The van der Waals surface area contributed by atoms with E-state index in [4.69, 9.17) is 9.84 Å². The van der Waals surface area contributed by atoms with Gasteiger partial charge < -0.3 is 9.84 Å². The Morgan fingerprint density at radius 2 is 2.18 bits per heavy atom. The molecule has 1 aromatic heterocycles. The van der Waals surface area contributed by atoms with Crippen molar-refractivity contribution in [1.82, 2.24) is 0 Å². The molecule has 2 rings (SSSR count). The highest BCUT2D eigenvalue weighted by Crippen LogP contribution is 2.26. The lowest BCUT2D eigenvalue weighted by atomic mass is 10.1. The molecule has 1 unspecified atom stereocenters. The maximum Gasteiger partial charge on any atom is 0.344 e. The van der Waals surface area contributed by atoms with Crippen molar-refractivity contribution < 1.29 is 14.6 Å². The molecule has 0 bridgehead atoms. The van der Waals surface area contributed by atoms with E-state index in [1.807, 2.05) is 35.0 Å². The van der Waals surface area contributed by atoms with E-state index >= 15 is 0 Å². The number of carboxylic acids is 1. The van der Waals surface area contributed by atoms with Gasteiger partial charge in [-0.1, -0.05) is 12.1 Å². The minimum absolute atomic E-state index is 0.573. The molecule has 0 saturated heterocycles. The van der Waals surface area contributed by atoms with Gasteiger partial charge in [0.15, 0.2) is 6.10 Å². The fraction of sp³-hybridized carbons (Fsp3) is 0.154. The van der Waals surface area contributed by atoms with E-state index in [0.717, 1.165) is 11.1 Å². The topological polar surface area (TPSA) is 46.5 Å². The van der Waals surface area contributed by atoms with Crippen LogP contribution in [0.25, 0.3) is 11.1 Å². The quantitative estimate of drug-likeness (QED) is 0.903. The van der Waals surface area contributed by atoms with Crippen LogP contribution in [0.4, 0.5) is 0 Å². The largest absolute Gasteiger partial charge is 0.479 e. The Kier molecular flexibility index (Phi) is 3.44. The smallest absolute Gasteiger partial charge is 0.344 e. The van der Waals surface area contributed by atoms with Gasteiger partial charge in [-0.05, 0) is 47.0 Å². The molecule has 1 aromatic carbocycles. The van der Waals surface area contributed by atoms with Crippen molar-refractivity contribution >= 4 is 17.3 Å². The van der Waals surface area contributed by atoms with Crippen LogP contribution in [0, 0.1) is 0 Å². The predicted octanol–water partition coefficient (Wildman–Crippen LogP) is 3.27. The maximum absolute atomic E-state index is 10.7. The summed E-state index contributed by atoms with van der Waals surface area (Å²) in [6, 6.07) is 9.46. The first-order valence-electron chi connectivity index (χ1n) is 5.19. The van der Waals surface area contributed by atoms with E-state index in [1.54, 1.807) is 17.4 Å². The molecular formula is C13H12O3S. The molecule has 0 amide bonds. The molecule has 0 radical (unpaired) electrons. The summed E-state index contributed by atoms with van der Waals surface area (Å²) >= 11 is 1.62. The minimum atomic E-state index is -0.967. The fourth-order valence-electron chi connectivity index (χ4n) is 1.43. The Hall–Kier alpha value is -1.81. The van der Waals surface area contributed by atoms with Crippen molar-refractivity contribution in [2.45, 2.75) is 13.0 Å². The number of thiophene rings is 1. The summed E-state index contributed by atoms with van der Waals surface area (Å²) in [5.41, 5.74) is 2.14. The SMILES string of the molecule is CC(Oc1cccc(-c2ccsc2)c1)C(=O)O. The van der Waals surface area contributed by atoms with Gasteiger partial charge in [0.2, 0.25) is 0 Å². The van der Waals surface area contributed by atoms with E-state index in [9.17, 15) is 4.79 Å². The van der Waals surface area contributed by atoms with Crippen molar-refractivity contribution in [2.75, 3.05) is 0 Å². The molecule has 1 heterocycles. The fourth-order valence-corrected chi connectivity index (χ4v) is 2.10. The van der Waals surface area contributed by atoms with Crippen molar-refractivity contribution in [3.63, 3.8) is 0 Å². The predicted molar refractivity (Wildman–Crippen MR) is 67.5 cm³/mol. The van der Waals surface area contributed by atoms with Crippen LogP contribution in [0.3, 0.4) is 0 Å². The van der Waals surface area contributed by atoms with Gasteiger partial charge in [-0.3, -0.25) is 0 Å². The number of aliphatic carboxylic acids is 1. The monoisotopic (exact) mass is 248 g/mol. The van der Waals surface area contributed by atoms with Gasteiger partial charge >= 0.3 is 5.97 Å². The Labute approximate surface area is 103 Å². The molecule has 4 heteroatoms. The molecular weight excluding hydrogens is 236 g/mol. The molecule has 0 fully saturated rings. The number of benzene rings is 1. The van der Waals surface area contributed by atoms with E-state index in [0.29, 0.717) is 5.75 Å². The Morgan fingerprint density at radius 1 is 1.35 bits per heavy atom. The zero-order valence-electron chi connectivity index (χ0n) is 9.29. The van der Waals surface area contributed by atoms with Crippen LogP contribution < -0.4 is 4.74 Å². The Bertz CT molecular complexity index is 505. The number of rotatable bonds is 4. The molecule has 17 heavy (non-hydrogen) atoms. The van der Waals surface area contributed by atoms with Crippen LogP contribution in [0.5, 0.6) is 5.75 Å². The molecule has 0 aliphatic carbocycles. The lowest BCUT2D eigenvalue weighted by Gasteiger charge is -2.11. The first-order valence-corrected chi connectivity index (χ1v) is 6.13. The van der Waals surface area contributed by atoms with Crippen LogP contribution >= 0.6 is 11.3 Å². The summed E-state index contributed by atoms with van der Waals surface area (Å²) in [5.74, 6) is -0.394. The van der Waals surface area contributed by atoms with Gasteiger partial charge in [0.05, 0.1) is 0 Å². The first kappa shape index (κ1) is 11.7. The highest BCUT2D eigenvalue weighted by Gasteiger charge is 2.12. The number of ether oxygens (including phenoxy) is 1. The summed E-state index contributed by atoms with van der Waals surface area (Å²) in [5, 5.41) is 12.8. The molecule has 0 spiro atoms. The van der Waals surface area contributed by atoms with Gasteiger partial charge in [0, 0.05) is 0 Å². The zero-order chi connectivity index (χ0) is 12.3. The van der Waals surface area contributed by atoms with Crippen LogP contribution in [0.15, 0.2) is 41.1 Å². The van der Waals surface area contributed by atoms with Gasteiger partial charge in [-0.2, -0.15) is 11.3 Å². The van der Waals surface area contributed by atoms with Crippen LogP contribution in [-0.4, -0.2) is 17.2 Å². The third-order valence-corrected chi connectivity index (χ3v) is 3.03. The van der Waals surface area contributed by atoms with E-state index in [1.165, 1.54) is 6.92 Å². The van der Waals surface area contributed by atoms with Crippen LogP contribution in [-0.2, 0) is 4.79 Å². The first-order chi connectivity index (χ1) is 8.16. The molecule has 0 aliphatic rings. The van der Waals surface area contributed by atoms with Gasteiger partial charge in [0.25, 0.3) is 0 Å². The second-order valence-corrected chi connectivity index (χ2v) is 4.42. The molecule has 1 N–H and O–H groups in total. The van der Waals surface area contributed by atoms with Gasteiger partial charge in [-0.15, -0.1) is 0 Å². The Balaban J connectivity index is 2.20. The van der Waals surface area contributed by atoms with Crippen LogP contribution in [0.1, 0.15) is 6.92 Å². The lowest BCUT2D eigenvalue weighted by Crippen LogP contribution is -2.22.